The van der Waals surface area contributed by atoms with E-state index in [0.29, 0.717) is 21.4 Å². The lowest BCUT2D eigenvalue weighted by Gasteiger charge is -2.10. The second-order valence-electron chi connectivity index (χ2n) is 4.36. The van der Waals surface area contributed by atoms with E-state index < -0.39 is 5.97 Å². The number of hydrogen-bond donors (Lipinski definition) is 1. The average molecular weight is 349 g/mol. The molecule has 0 aliphatic heterocycles. The lowest BCUT2D eigenvalue weighted by molar-refractivity contribution is 0.0602. The highest BCUT2D eigenvalue weighted by molar-refractivity contribution is 9.10. The Morgan fingerprint density at radius 1 is 1.24 bits per heavy atom. The molecule has 0 fully saturated rings. The Kier molecular flexibility index (Phi) is 4.70. The number of benzene rings is 1. The van der Waals surface area contributed by atoms with Crippen molar-refractivity contribution in [2.24, 2.45) is 0 Å². The maximum Gasteiger partial charge on any atom is 0.339 e. The molecule has 1 aromatic carbocycles. The molecule has 0 saturated carbocycles. The monoisotopic (exact) mass is 348 g/mol. The van der Waals surface area contributed by atoms with Crippen LogP contribution < -0.4 is 5.32 Å². The zero-order valence-corrected chi connectivity index (χ0v) is 13.1. The van der Waals surface area contributed by atoms with Gasteiger partial charge in [0.1, 0.15) is 4.60 Å². The van der Waals surface area contributed by atoms with Gasteiger partial charge in [0, 0.05) is 6.20 Å². The van der Waals surface area contributed by atoms with E-state index in [0.717, 1.165) is 5.56 Å². The Bertz CT molecular complexity index is 684. The van der Waals surface area contributed by atoms with Crippen LogP contribution in [0.25, 0.3) is 0 Å². The number of halogens is 1. The molecular weight excluding hydrogens is 336 g/mol. The van der Waals surface area contributed by atoms with Gasteiger partial charge in [0.15, 0.2) is 0 Å². The van der Waals surface area contributed by atoms with Crippen molar-refractivity contribution in [3.05, 3.63) is 57.8 Å². The molecule has 1 heterocycles. The van der Waals surface area contributed by atoms with Gasteiger partial charge in [0.05, 0.1) is 23.9 Å². The molecule has 2 aromatic rings. The minimum absolute atomic E-state index is 0.316. The molecule has 1 aromatic heterocycles. The molecule has 0 saturated heterocycles. The highest BCUT2D eigenvalue weighted by Crippen LogP contribution is 2.19. The second kappa shape index (κ2) is 6.49. The Hall–Kier alpha value is -2.21. The average Bonchev–Trinajstić information content (AvgIpc) is 2.48. The molecule has 0 aliphatic rings. The Labute approximate surface area is 130 Å². The van der Waals surface area contributed by atoms with Crippen molar-refractivity contribution in [2.45, 2.75) is 6.92 Å². The minimum atomic E-state index is -0.497. The van der Waals surface area contributed by atoms with E-state index in [1.165, 1.54) is 13.3 Å². The predicted molar refractivity (Wildman–Crippen MR) is 82.4 cm³/mol. The Balaban J connectivity index is 2.28. The first kappa shape index (κ1) is 15.2. The number of anilines is 1. The van der Waals surface area contributed by atoms with Crippen molar-refractivity contribution < 1.29 is 14.3 Å². The number of aromatic nitrogens is 1. The number of ether oxygens (including phenoxy) is 1. The SMILES string of the molecule is COC(=O)c1cc(C)ccc1NC(=O)c1ccc(Br)nc1. The number of rotatable bonds is 3. The van der Waals surface area contributed by atoms with E-state index in [1.807, 2.05) is 13.0 Å². The molecule has 0 aliphatic carbocycles. The number of esters is 1. The maximum absolute atomic E-state index is 12.2. The number of carbonyl (C=O) groups is 2. The highest BCUT2D eigenvalue weighted by atomic mass is 79.9. The van der Waals surface area contributed by atoms with Crippen LogP contribution in [0.2, 0.25) is 0 Å². The fourth-order valence-electron chi connectivity index (χ4n) is 1.75. The van der Waals surface area contributed by atoms with E-state index in [-0.39, 0.29) is 5.91 Å². The van der Waals surface area contributed by atoms with E-state index in [4.69, 9.17) is 4.74 Å². The van der Waals surface area contributed by atoms with Gasteiger partial charge in [0.25, 0.3) is 5.91 Å². The van der Waals surface area contributed by atoms with Gasteiger partial charge in [-0.25, -0.2) is 9.78 Å². The van der Waals surface area contributed by atoms with Gasteiger partial charge in [-0.3, -0.25) is 4.79 Å². The lowest BCUT2D eigenvalue weighted by atomic mass is 10.1. The molecular formula is C15H13BrN2O3. The highest BCUT2D eigenvalue weighted by Gasteiger charge is 2.15. The summed E-state index contributed by atoms with van der Waals surface area (Å²) in [4.78, 5) is 27.9. The largest absolute Gasteiger partial charge is 0.465 e. The molecule has 0 bridgehead atoms. The molecule has 2 rings (SSSR count). The summed E-state index contributed by atoms with van der Waals surface area (Å²) in [5, 5.41) is 2.69. The molecule has 5 nitrogen and oxygen atoms in total. The Morgan fingerprint density at radius 3 is 2.62 bits per heavy atom. The summed E-state index contributed by atoms with van der Waals surface area (Å²) >= 11 is 3.21. The number of methoxy groups -OCH3 is 1. The number of aryl methyl sites for hydroxylation is 1. The fraction of sp³-hybridized carbons (Fsp3) is 0.133. The van der Waals surface area contributed by atoms with Crippen molar-refractivity contribution in [2.75, 3.05) is 12.4 Å². The van der Waals surface area contributed by atoms with Crippen LogP contribution in [0.3, 0.4) is 0 Å². The van der Waals surface area contributed by atoms with Crippen LogP contribution in [0.5, 0.6) is 0 Å². The molecule has 6 heteroatoms. The second-order valence-corrected chi connectivity index (χ2v) is 5.18. The lowest BCUT2D eigenvalue weighted by Crippen LogP contribution is -2.15. The Morgan fingerprint density at radius 2 is 2.00 bits per heavy atom. The van der Waals surface area contributed by atoms with E-state index in [2.05, 4.69) is 26.2 Å². The maximum atomic E-state index is 12.2. The van der Waals surface area contributed by atoms with Gasteiger partial charge in [-0.15, -0.1) is 0 Å². The number of pyridine rings is 1. The molecule has 0 radical (unpaired) electrons. The standard InChI is InChI=1S/C15H13BrN2O3/c1-9-3-5-12(11(7-9)15(20)21-2)18-14(19)10-4-6-13(16)17-8-10/h3-8H,1-2H3,(H,18,19). The summed E-state index contributed by atoms with van der Waals surface area (Å²) in [6, 6.07) is 8.46. The third-order valence-corrected chi connectivity index (χ3v) is 3.29. The van der Waals surface area contributed by atoms with Gasteiger partial charge in [0.2, 0.25) is 0 Å². The number of amides is 1. The molecule has 1 amide bonds. The first-order valence-corrected chi connectivity index (χ1v) is 6.92. The number of nitrogens with one attached hydrogen (secondary N) is 1. The summed E-state index contributed by atoms with van der Waals surface area (Å²) in [5.74, 6) is -0.841. The minimum Gasteiger partial charge on any atom is -0.465 e. The van der Waals surface area contributed by atoms with Crippen LogP contribution in [-0.4, -0.2) is 24.0 Å². The molecule has 0 spiro atoms. The third-order valence-electron chi connectivity index (χ3n) is 2.82. The first-order chi connectivity index (χ1) is 10.0. The van der Waals surface area contributed by atoms with Gasteiger partial charge in [-0.1, -0.05) is 11.6 Å². The van der Waals surface area contributed by atoms with Crippen LogP contribution in [0.4, 0.5) is 5.69 Å². The number of hydrogen-bond acceptors (Lipinski definition) is 4. The van der Waals surface area contributed by atoms with Gasteiger partial charge in [-0.05, 0) is 47.1 Å². The molecule has 0 atom stereocenters. The van der Waals surface area contributed by atoms with Crippen molar-refractivity contribution in [1.29, 1.82) is 0 Å². The van der Waals surface area contributed by atoms with Gasteiger partial charge in [-0.2, -0.15) is 0 Å². The molecule has 0 unspecified atom stereocenters. The summed E-state index contributed by atoms with van der Waals surface area (Å²) in [6.45, 7) is 1.86. The zero-order chi connectivity index (χ0) is 15.4. The molecule has 21 heavy (non-hydrogen) atoms. The first-order valence-electron chi connectivity index (χ1n) is 6.13. The van der Waals surface area contributed by atoms with Crippen molar-refractivity contribution >= 4 is 33.5 Å². The quantitative estimate of drug-likeness (QED) is 0.683. The van der Waals surface area contributed by atoms with Crippen LogP contribution in [0, 0.1) is 6.92 Å². The smallest absolute Gasteiger partial charge is 0.339 e. The third kappa shape index (κ3) is 3.66. The van der Waals surface area contributed by atoms with E-state index in [9.17, 15) is 9.59 Å². The zero-order valence-electron chi connectivity index (χ0n) is 11.5. The van der Waals surface area contributed by atoms with Gasteiger partial charge < -0.3 is 10.1 Å². The summed E-state index contributed by atoms with van der Waals surface area (Å²) < 4.78 is 5.37. The number of nitrogens with zero attached hydrogens (tertiary/aromatic N) is 1. The van der Waals surface area contributed by atoms with Crippen LogP contribution >= 0.6 is 15.9 Å². The van der Waals surface area contributed by atoms with Crippen LogP contribution in [0.15, 0.2) is 41.1 Å². The van der Waals surface area contributed by atoms with Crippen LogP contribution in [-0.2, 0) is 4.74 Å². The van der Waals surface area contributed by atoms with Crippen molar-refractivity contribution in [3.8, 4) is 0 Å². The summed E-state index contributed by atoms with van der Waals surface area (Å²) in [6.07, 6.45) is 1.45. The van der Waals surface area contributed by atoms with E-state index >= 15 is 0 Å². The van der Waals surface area contributed by atoms with Crippen LogP contribution in [0.1, 0.15) is 26.3 Å². The van der Waals surface area contributed by atoms with Crippen molar-refractivity contribution in [1.82, 2.24) is 4.98 Å². The van der Waals surface area contributed by atoms with Gasteiger partial charge >= 0.3 is 5.97 Å². The predicted octanol–water partition coefficient (Wildman–Crippen LogP) is 3.19. The normalized spacial score (nSPS) is 10.0. The molecule has 1 N–H and O–H groups in total. The summed E-state index contributed by atoms with van der Waals surface area (Å²) in [5.41, 5.74) is 2.02. The summed E-state index contributed by atoms with van der Waals surface area (Å²) in [7, 11) is 1.30. The topological polar surface area (TPSA) is 68.3 Å². The van der Waals surface area contributed by atoms with Crippen molar-refractivity contribution in [3.63, 3.8) is 0 Å². The number of carbonyl (C=O) groups excluding carboxylic acids is 2. The molecule has 108 valence electrons. The van der Waals surface area contributed by atoms with E-state index in [1.54, 1.807) is 24.3 Å². The fourth-order valence-corrected chi connectivity index (χ4v) is 1.99.